The van der Waals surface area contributed by atoms with E-state index in [1.54, 1.807) is 23.5 Å². The molecule has 0 amide bonds. The Morgan fingerprint density at radius 1 is 0.933 bits per heavy atom. The van der Waals surface area contributed by atoms with E-state index < -0.39 is 5.97 Å². The molecule has 1 N–H and O–H groups in total. The van der Waals surface area contributed by atoms with Gasteiger partial charge in [0, 0.05) is 4.88 Å². The third kappa shape index (κ3) is 3.87. The van der Waals surface area contributed by atoms with Crippen molar-refractivity contribution in [2.45, 2.75) is 51.4 Å². The van der Waals surface area contributed by atoms with Crippen LogP contribution in [0.3, 0.4) is 0 Å². The lowest BCUT2D eigenvalue weighted by Crippen LogP contribution is -2.34. The number of carboxylic acids is 1. The van der Waals surface area contributed by atoms with Gasteiger partial charge in [0.15, 0.2) is 0 Å². The van der Waals surface area contributed by atoms with E-state index in [0.29, 0.717) is 5.56 Å². The molecule has 1 aliphatic rings. The summed E-state index contributed by atoms with van der Waals surface area (Å²) in [4.78, 5) is 12.4. The number of carboxylic acid groups (broad SMARTS) is 1. The molecule has 0 saturated heterocycles. The van der Waals surface area contributed by atoms with Gasteiger partial charge >= 0.3 is 5.97 Å². The molecule has 1 aliphatic carbocycles. The van der Waals surface area contributed by atoms with Crippen LogP contribution in [0.5, 0.6) is 0 Å². The Bertz CT molecular complexity index is 1100. The van der Waals surface area contributed by atoms with Crippen LogP contribution in [0.1, 0.15) is 73.1 Å². The quantitative estimate of drug-likeness (QED) is 0.444. The summed E-state index contributed by atoms with van der Waals surface area (Å²) in [5.41, 5.74) is 7.02. The second kappa shape index (κ2) is 7.55. The van der Waals surface area contributed by atoms with Gasteiger partial charge in [0.1, 0.15) is 0 Å². The third-order valence-corrected chi connectivity index (χ3v) is 7.33. The number of aromatic carboxylic acids is 1. The maximum Gasteiger partial charge on any atom is 0.335 e. The van der Waals surface area contributed by atoms with Crippen LogP contribution in [0.15, 0.2) is 53.9 Å². The molecular weight excluding hydrogens is 388 g/mol. The van der Waals surface area contributed by atoms with E-state index in [9.17, 15) is 4.79 Å². The molecule has 0 saturated carbocycles. The van der Waals surface area contributed by atoms with Crippen LogP contribution in [-0.2, 0) is 10.8 Å². The first-order valence-corrected chi connectivity index (χ1v) is 11.3. The number of fused-ring (bicyclic) bond motifs is 1. The van der Waals surface area contributed by atoms with Crippen molar-refractivity contribution >= 4 is 29.5 Å². The van der Waals surface area contributed by atoms with Crippen LogP contribution in [0.4, 0.5) is 0 Å². The fourth-order valence-corrected chi connectivity index (χ4v) is 5.10. The molecule has 0 spiro atoms. The van der Waals surface area contributed by atoms with Gasteiger partial charge in [-0.3, -0.25) is 0 Å². The van der Waals surface area contributed by atoms with E-state index >= 15 is 0 Å². The van der Waals surface area contributed by atoms with E-state index in [1.807, 2.05) is 12.1 Å². The van der Waals surface area contributed by atoms with Gasteiger partial charge in [0.25, 0.3) is 0 Å². The Labute approximate surface area is 182 Å². The second-order valence-corrected chi connectivity index (χ2v) is 10.4. The molecular formula is C27H28O2S. The summed E-state index contributed by atoms with van der Waals surface area (Å²) in [6.07, 6.45) is 6.63. The van der Waals surface area contributed by atoms with Gasteiger partial charge in [-0.15, -0.1) is 11.3 Å². The Kier molecular flexibility index (Phi) is 5.19. The van der Waals surface area contributed by atoms with E-state index in [2.05, 4.69) is 69.5 Å². The molecule has 0 radical (unpaired) electrons. The Balaban J connectivity index is 1.83. The van der Waals surface area contributed by atoms with Crippen molar-refractivity contribution in [2.24, 2.45) is 0 Å². The number of benzene rings is 2. The number of rotatable bonds is 4. The predicted octanol–water partition coefficient (Wildman–Crippen LogP) is 7.63. The molecule has 154 valence electrons. The molecule has 0 atom stereocenters. The fraction of sp³-hybridized carbons (Fsp3) is 0.296. The van der Waals surface area contributed by atoms with Crippen LogP contribution in [-0.4, -0.2) is 11.1 Å². The maximum atomic E-state index is 11.1. The molecule has 1 aromatic heterocycles. The highest BCUT2D eigenvalue weighted by Gasteiger charge is 2.37. The van der Waals surface area contributed by atoms with E-state index in [1.165, 1.54) is 40.0 Å². The lowest BCUT2D eigenvalue weighted by Gasteiger charge is -2.42. The smallest absolute Gasteiger partial charge is 0.335 e. The summed E-state index contributed by atoms with van der Waals surface area (Å²) >= 11 is 1.77. The minimum absolute atomic E-state index is 0.157. The number of thiophene rings is 1. The van der Waals surface area contributed by atoms with Crippen LogP contribution >= 0.6 is 11.3 Å². The maximum absolute atomic E-state index is 11.1. The van der Waals surface area contributed by atoms with Gasteiger partial charge < -0.3 is 5.11 Å². The molecule has 0 aliphatic heterocycles. The van der Waals surface area contributed by atoms with Gasteiger partial charge in [0.05, 0.1) is 5.56 Å². The van der Waals surface area contributed by atoms with Crippen molar-refractivity contribution in [3.8, 4) is 10.4 Å². The minimum atomic E-state index is -0.898. The SMILES string of the molecule is CC1(C)CCC(C)(C)c2cc(-c3cccs3)c(C=Cc3ccc(C(=O)O)cc3)cc21. The zero-order valence-corrected chi connectivity index (χ0v) is 18.8. The number of hydrogen-bond donors (Lipinski definition) is 1. The predicted molar refractivity (Wildman–Crippen MR) is 127 cm³/mol. The summed E-state index contributed by atoms with van der Waals surface area (Å²) in [6, 6.07) is 16.1. The Hall–Kier alpha value is -2.65. The van der Waals surface area contributed by atoms with Crippen molar-refractivity contribution in [1.29, 1.82) is 0 Å². The number of hydrogen-bond acceptors (Lipinski definition) is 2. The van der Waals surface area contributed by atoms with E-state index in [-0.39, 0.29) is 10.8 Å². The molecule has 3 aromatic rings. The van der Waals surface area contributed by atoms with Crippen LogP contribution in [0.2, 0.25) is 0 Å². The third-order valence-electron chi connectivity index (χ3n) is 6.42. The standard InChI is InChI=1S/C27H28O2S/c1-26(2)13-14-27(3,4)23-17-21(24-6-5-15-30-24)20(16-22(23)26)12-9-18-7-10-19(11-8-18)25(28)29/h5-12,15-17H,13-14H2,1-4H3,(H,28,29). The van der Waals surface area contributed by atoms with Crippen LogP contribution in [0, 0.1) is 0 Å². The monoisotopic (exact) mass is 416 g/mol. The minimum Gasteiger partial charge on any atom is -0.478 e. The molecule has 2 nitrogen and oxygen atoms in total. The summed E-state index contributed by atoms with van der Waals surface area (Å²) in [7, 11) is 0. The second-order valence-electron chi connectivity index (χ2n) is 9.49. The highest BCUT2D eigenvalue weighted by atomic mass is 32.1. The van der Waals surface area contributed by atoms with Crippen LogP contribution in [0.25, 0.3) is 22.6 Å². The molecule has 30 heavy (non-hydrogen) atoms. The molecule has 4 rings (SSSR count). The lowest BCUT2D eigenvalue weighted by molar-refractivity contribution is 0.0697. The van der Waals surface area contributed by atoms with Gasteiger partial charge in [-0.25, -0.2) is 4.79 Å². The van der Waals surface area contributed by atoms with Crippen molar-refractivity contribution in [3.63, 3.8) is 0 Å². The molecule has 0 unspecified atom stereocenters. The summed E-state index contributed by atoms with van der Waals surface area (Å²) in [5.74, 6) is -0.898. The van der Waals surface area contributed by atoms with Crippen molar-refractivity contribution < 1.29 is 9.90 Å². The first kappa shape index (κ1) is 20.6. The Morgan fingerprint density at radius 3 is 2.13 bits per heavy atom. The van der Waals surface area contributed by atoms with E-state index in [0.717, 1.165) is 5.56 Å². The average molecular weight is 417 g/mol. The normalized spacial score (nSPS) is 17.1. The average Bonchev–Trinajstić information content (AvgIpc) is 3.24. The zero-order valence-electron chi connectivity index (χ0n) is 18.0. The van der Waals surface area contributed by atoms with Crippen molar-refractivity contribution in [1.82, 2.24) is 0 Å². The molecule has 0 bridgehead atoms. The largest absolute Gasteiger partial charge is 0.478 e. The molecule has 0 fully saturated rings. The summed E-state index contributed by atoms with van der Waals surface area (Å²) in [5, 5.41) is 11.2. The lowest BCUT2D eigenvalue weighted by atomic mass is 9.62. The highest BCUT2D eigenvalue weighted by Crippen LogP contribution is 2.48. The Morgan fingerprint density at radius 2 is 1.57 bits per heavy atom. The van der Waals surface area contributed by atoms with Gasteiger partial charge in [-0.1, -0.05) is 64.1 Å². The van der Waals surface area contributed by atoms with Gasteiger partial charge in [-0.2, -0.15) is 0 Å². The van der Waals surface area contributed by atoms with Crippen LogP contribution < -0.4 is 0 Å². The topological polar surface area (TPSA) is 37.3 Å². The highest BCUT2D eigenvalue weighted by molar-refractivity contribution is 7.13. The molecule has 2 aromatic carbocycles. The number of carbonyl (C=O) groups is 1. The first-order chi connectivity index (χ1) is 14.2. The van der Waals surface area contributed by atoms with Crippen molar-refractivity contribution in [2.75, 3.05) is 0 Å². The summed E-state index contributed by atoms with van der Waals surface area (Å²) in [6.45, 7) is 9.42. The molecule has 1 heterocycles. The fourth-order valence-electron chi connectivity index (χ4n) is 4.34. The van der Waals surface area contributed by atoms with Gasteiger partial charge in [-0.05, 0) is 81.1 Å². The zero-order chi connectivity index (χ0) is 21.5. The first-order valence-electron chi connectivity index (χ1n) is 10.4. The summed E-state index contributed by atoms with van der Waals surface area (Å²) < 4.78 is 0. The van der Waals surface area contributed by atoms with Gasteiger partial charge in [0.2, 0.25) is 0 Å². The molecule has 3 heteroatoms. The van der Waals surface area contributed by atoms with Crippen molar-refractivity contribution in [3.05, 3.63) is 81.7 Å². The van der Waals surface area contributed by atoms with E-state index in [4.69, 9.17) is 5.11 Å².